The lowest BCUT2D eigenvalue weighted by atomic mass is 10.0. The van der Waals surface area contributed by atoms with E-state index in [-0.39, 0.29) is 12.0 Å². The fraction of sp³-hybridized carbons (Fsp3) is 0.500. The van der Waals surface area contributed by atoms with Gasteiger partial charge in [-0.15, -0.1) is 0 Å². The van der Waals surface area contributed by atoms with Crippen molar-refractivity contribution in [2.24, 2.45) is 0 Å². The van der Waals surface area contributed by atoms with E-state index in [0.717, 1.165) is 19.2 Å². The zero-order valence-electron chi connectivity index (χ0n) is 11.4. The molecule has 0 amide bonds. The monoisotopic (exact) mass is 291 g/mol. The highest BCUT2D eigenvalue weighted by Crippen LogP contribution is 2.32. The van der Waals surface area contributed by atoms with Crippen LogP contribution in [0.3, 0.4) is 0 Å². The maximum absolute atomic E-state index is 13.1. The number of carbonyl (C=O) groups is 1. The molecular weight excluding hydrogens is 274 g/mol. The summed E-state index contributed by atoms with van der Waals surface area (Å²) in [7, 11) is 0. The van der Waals surface area contributed by atoms with Gasteiger partial charge in [0.05, 0.1) is 5.56 Å². The Morgan fingerprint density at radius 3 is 2.30 bits per heavy atom. The molecule has 20 heavy (non-hydrogen) atoms. The predicted molar refractivity (Wildman–Crippen MR) is 68.1 cm³/mol. The van der Waals surface area contributed by atoms with E-state index in [1.54, 1.807) is 0 Å². The zero-order valence-corrected chi connectivity index (χ0v) is 11.4. The summed E-state index contributed by atoms with van der Waals surface area (Å²) in [6.45, 7) is 5.88. The topological polar surface area (TPSA) is 20.3 Å². The molecule has 0 aliphatic rings. The average Bonchev–Trinajstić information content (AvgIpc) is 2.38. The molecule has 0 aromatic heterocycles. The summed E-state index contributed by atoms with van der Waals surface area (Å²) < 4.78 is 50.8. The highest BCUT2D eigenvalue weighted by atomic mass is 19.4. The van der Waals surface area contributed by atoms with Crippen LogP contribution in [0.2, 0.25) is 0 Å². The van der Waals surface area contributed by atoms with Gasteiger partial charge < -0.3 is 4.90 Å². The number of alkyl halides is 3. The van der Waals surface area contributed by atoms with E-state index in [9.17, 15) is 22.4 Å². The number of Topliss-reactive ketones (excluding diaryl/α,β-unsaturated/α-hetero) is 1. The zero-order chi connectivity index (χ0) is 15.3. The van der Waals surface area contributed by atoms with Crippen LogP contribution in [0.1, 0.15) is 36.2 Å². The SMILES string of the molecule is CCN(CC)CCC(=O)c1ccc(F)c(C(F)(F)F)c1. The summed E-state index contributed by atoms with van der Waals surface area (Å²) >= 11 is 0. The van der Waals surface area contributed by atoms with Gasteiger partial charge in [-0.3, -0.25) is 4.79 Å². The lowest BCUT2D eigenvalue weighted by molar-refractivity contribution is -0.140. The maximum Gasteiger partial charge on any atom is 0.419 e. The maximum atomic E-state index is 13.1. The van der Waals surface area contributed by atoms with Crippen LogP contribution in [0.15, 0.2) is 18.2 Å². The number of hydrogen-bond acceptors (Lipinski definition) is 2. The van der Waals surface area contributed by atoms with Crippen LogP contribution in [0.5, 0.6) is 0 Å². The molecule has 0 fully saturated rings. The molecule has 2 nitrogen and oxygen atoms in total. The second kappa shape index (κ2) is 6.83. The molecule has 0 N–H and O–H groups in total. The summed E-state index contributed by atoms with van der Waals surface area (Å²) in [5, 5.41) is 0. The Kier molecular flexibility index (Phi) is 5.68. The first-order valence-electron chi connectivity index (χ1n) is 6.41. The van der Waals surface area contributed by atoms with Gasteiger partial charge in [0.2, 0.25) is 0 Å². The van der Waals surface area contributed by atoms with Crippen LogP contribution in [-0.2, 0) is 6.18 Å². The normalized spacial score (nSPS) is 11.9. The molecule has 0 spiro atoms. The van der Waals surface area contributed by atoms with Crippen molar-refractivity contribution in [3.05, 3.63) is 35.1 Å². The minimum atomic E-state index is -4.79. The molecule has 0 heterocycles. The van der Waals surface area contributed by atoms with E-state index in [1.165, 1.54) is 0 Å². The summed E-state index contributed by atoms with van der Waals surface area (Å²) in [6.07, 6.45) is -4.68. The first-order chi connectivity index (χ1) is 9.29. The van der Waals surface area contributed by atoms with E-state index in [4.69, 9.17) is 0 Å². The van der Waals surface area contributed by atoms with E-state index in [0.29, 0.717) is 18.7 Å². The molecule has 1 rings (SSSR count). The van der Waals surface area contributed by atoms with Crippen molar-refractivity contribution in [3.8, 4) is 0 Å². The third-order valence-corrected chi connectivity index (χ3v) is 3.14. The van der Waals surface area contributed by atoms with Gasteiger partial charge in [0.1, 0.15) is 5.82 Å². The van der Waals surface area contributed by atoms with Gasteiger partial charge >= 0.3 is 6.18 Å². The third kappa shape index (κ3) is 4.30. The molecule has 1 aromatic rings. The van der Waals surface area contributed by atoms with Gasteiger partial charge in [0.15, 0.2) is 5.78 Å². The highest BCUT2D eigenvalue weighted by Gasteiger charge is 2.34. The largest absolute Gasteiger partial charge is 0.419 e. The number of hydrogen-bond donors (Lipinski definition) is 0. The van der Waals surface area contributed by atoms with E-state index in [2.05, 4.69) is 0 Å². The molecule has 112 valence electrons. The van der Waals surface area contributed by atoms with Crippen LogP contribution >= 0.6 is 0 Å². The Bertz CT molecular complexity index is 467. The Hall–Kier alpha value is -1.43. The molecule has 0 saturated carbocycles. The number of nitrogens with zero attached hydrogens (tertiary/aromatic N) is 1. The fourth-order valence-corrected chi connectivity index (χ4v) is 1.86. The summed E-state index contributed by atoms with van der Waals surface area (Å²) in [6, 6.07) is 2.36. The number of rotatable bonds is 6. The molecule has 1 aromatic carbocycles. The van der Waals surface area contributed by atoms with Crippen LogP contribution < -0.4 is 0 Å². The molecule has 0 atom stereocenters. The second-order valence-corrected chi connectivity index (χ2v) is 4.39. The Balaban J connectivity index is 2.84. The first kappa shape index (κ1) is 16.6. The van der Waals surface area contributed by atoms with Crippen molar-refractivity contribution < 1.29 is 22.4 Å². The van der Waals surface area contributed by atoms with Crippen molar-refractivity contribution in [2.45, 2.75) is 26.4 Å². The van der Waals surface area contributed by atoms with Crippen LogP contribution in [-0.4, -0.2) is 30.3 Å². The molecule has 0 bridgehead atoms. The molecule has 0 radical (unpaired) electrons. The van der Waals surface area contributed by atoms with Crippen molar-refractivity contribution in [3.63, 3.8) is 0 Å². The van der Waals surface area contributed by atoms with Gasteiger partial charge in [0.25, 0.3) is 0 Å². The van der Waals surface area contributed by atoms with Gasteiger partial charge in [-0.2, -0.15) is 13.2 Å². The van der Waals surface area contributed by atoms with E-state index >= 15 is 0 Å². The minimum Gasteiger partial charge on any atom is -0.303 e. The van der Waals surface area contributed by atoms with Crippen LogP contribution in [0.4, 0.5) is 17.6 Å². The standard InChI is InChI=1S/C14H17F4NO/c1-3-19(4-2)8-7-13(20)10-5-6-12(15)11(9-10)14(16,17)18/h5-6,9H,3-4,7-8H2,1-2H3. The second-order valence-electron chi connectivity index (χ2n) is 4.39. The van der Waals surface area contributed by atoms with Crippen molar-refractivity contribution in [1.29, 1.82) is 0 Å². The Labute approximate surface area is 115 Å². The quantitative estimate of drug-likeness (QED) is 0.587. The van der Waals surface area contributed by atoms with Crippen molar-refractivity contribution in [2.75, 3.05) is 19.6 Å². The van der Waals surface area contributed by atoms with Crippen LogP contribution in [0, 0.1) is 5.82 Å². The molecule has 0 aliphatic carbocycles. The number of benzene rings is 1. The molecule has 0 unspecified atom stereocenters. The molecular formula is C14H17F4NO. The van der Waals surface area contributed by atoms with Gasteiger partial charge in [0, 0.05) is 18.5 Å². The number of ketones is 1. The average molecular weight is 291 g/mol. The lowest BCUT2D eigenvalue weighted by Gasteiger charge is -2.17. The molecule has 6 heteroatoms. The number of carbonyl (C=O) groups excluding carboxylic acids is 1. The highest BCUT2D eigenvalue weighted by molar-refractivity contribution is 5.96. The predicted octanol–water partition coefficient (Wildman–Crippen LogP) is 3.76. The molecule has 0 saturated heterocycles. The molecule has 0 aliphatic heterocycles. The fourth-order valence-electron chi connectivity index (χ4n) is 1.86. The van der Waals surface area contributed by atoms with Crippen molar-refractivity contribution >= 4 is 5.78 Å². The first-order valence-corrected chi connectivity index (χ1v) is 6.41. The van der Waals surface area contributed by atoms with Crippen molar-refractivity contribution in [1.82, 2.24) is 4.90 Å². The minimum absolute atomic E-state index is 0.106. The van der Waals surface area contributed by atoms with Gasteiger partial charge in [-0.1, -0.05) is 13.8 Å². The summed E-state index contributed by atoms with van der Waals surface area (Å²) in [5.74, 6) is -1.78. The van der Waals surface area contributed by atoms with E-state index < -0.39 is 23.3 Å². The summed E-state index contributed by atoms with van der Waals surface area (Å²) in [5.41, 5.74) is -1.50. The van der Waals surface area contributed by atoms with Gasteiger partial charge in [-0.05, 0) is 31.3 Å². The van der Waals surface area contributed by atoms with Crippen LogP contribution in [0.25, 0.3) is 0 Å². The number of halogens is 4. The summed E-state index contributed by atoms with van der Waals surface area (Å²) in [4.78, 5) is 13.8. The Morgan fingerprint density at radius 2 is 1.80 bits per heavy atom. The van der Waals surface area contributed by atoms with E-state index in [1.807, 2.05) is 18.7 Å². The Morgan fingerprint density at radius 1 is 1.20 bits per heavy atom. The third-order valence-electron chi connectivity index (χ3n) is 3.14. The van der Waals surface area contributed by atoms with Gasteiger partial charge in [-0.25, -0.2) is 4.39 Å². The lowest BCUT2D eigenvalue weighted by Crippen LogP contribution is -2.25. The smallest absolute Gasteiger partial charge is 0.303 e.